The summed E-state index contributed by atoms with van der Waals surface area (Å²) < 4.78 is 33.3. The number of aromatic nitrogens is 2. The maximum atomic E-state index is 13.1. The molecule has 3 aromatic rings. The van der Waals surface area contributed by atoms with E-state index < -0.39 is 12.2 Å². The Morgan fingerprint density at radius 3 is 2.60 bits per heavy atom. The molecule has 184 valence electrons. The first-order valence-corrected chi connectivity index (χ1v) is 11.7. The van der Waals surface area contributed by atoms with E-state index in [9.17, 15) is 13.9 Å². The summed E-state index contributed by atoms with van der Waals surface area (Å²) in [4.78, 5) is 11.4. The predicted octanol–water partition coefficient (Wildman–Crippen LogP) is 5.20. The zero-order chi connectivity index (χ0) is 25.1. The largest absolute Gasteiger partial charge is 0.435 e. The van der Waals surface area contributed by atoms with Crippen molar-refractivity contribution < 1.29 is 18.6 Å². The maximum absolute atomic E-state index is 13.1. The Kier molecular flexibility index (Phi) is 5.47. The quantitative estimate of drug-likeness (QED) is 0.545. The number of ether oxygens (including phenoxy) is 1. The van der Waals surface area contributed by atoms with E-state index in [0.29, 0.717) is 12.4 Å². The number of nitrogens with zero attached hydrogens (tertiary/aromatic N) is 4. The number of para-hydroxylation sites is 1. The molecule has 1 N–H and O–H groups in total. The molecule has 0 radical (unpaired) electrons. The van der Waals surface area contributed by atoms with Crippen LogP contribution in [0.5, 0.6) is 5.75 Å². The van der Waals surface area contributed by atoms with Crippen LogP contribution in [0.2, 0.25) is 0 Å². The van der Waals surface area contributed by atoms with Gasteiger partial charge < -0.3 is 19.1 Å². The maximum Gasteiger partial charge on any atom is 0.387 e. The second-order valence-corrected chi connectivity index (χ2v) is 10.6. The molecule has 6 nitrogen and oxygen atoms in total. The number of halogens is 2. The van der Waals surface area contributed by atoms with E-state index in [1.807, 2.05) is 36.2 Å². The predicted molar refractivity (Wildman–Crippen MR) is 132 cm³/mol. The van der Waals surface area contributed by atoms with Crippen LogP contribution in [0.1, 0.15) is 62.5 Å². The average Bonchev–Trinajstić information content (AvgIpc) is 3.28. The van der Waals surface area contributed by atoms with Gasteiger partial charge in [0.1, 0.15) is 22.8 Å². The SMILES string of the molecule is CN1CC(c2ccc3nc4c(n3c2)[C@@H](c2ccccc2OC(F)F)CC4(C)C)=CN=C1C(C)(C)O. The summed E-state index contributed by atoms with van der Waals surface area (Å²) >= 11 is 0. The summed E-state index contributed by atoms with van der Waals surface area (Å²) in [6, 6.07) is 11.0. The van der Waals surface area contributed by atoms with Crippen LogP contribution in [-0.4, -0.2) is 51.0 Å². The standard InChI is InChI=1S/C27H30F2N4O2/c1-26(2)12-19(18-8-6-7-9-20(18)35-25(28)29)22-23(26)31-21-11-10-16(15-33(21)22)17-13-30-24(27(3,4)34)32(5)14-17/h6-11,13,15,19,25,34H,12,14H2,1-5H3/t19-/m1/s1. The van der Waals surface area contributed by atoms with Gasteiger partial charge >= 0.3 is 6.61 Å². The molecule has 0 unspecified atom stereocenters. The van der Waals surface area contributed by atoms with Gasteiger partial charge in [-0.2, -0.15) is 8.78 Å². The van der Waals surface area contributed by atoms with Crippen molar-refractivity contribution in [2.24, 2.45) is 4.99 Å². The lowest BCUT2D eigenvalue weighted by atomic mass is 9.86. The van der Waals surface area contributed by atoms with Gasteiger partial charge in [-0.25, -0.2) is 9.98 Å². The minimum Gasteiger partial charge on any atom is -0.435 e. The fraction of sp³-hybridized carbons (Fsp3) is 0.407. The molecule has 5 rings (SSSR count). The lowest BCUT2D eigenvalue weighted by Crippen LogP contribution is -2.45. The third-order valence-electron chi connectivity index (χ3n) is 6.88. The summed E-state index contributed by atoms with van der Waals surface area (Å²) in [5, 5.41) is 10.4. The Morgan fingerprint density at radius 2 is 1.91 bits per heavy atom. The van der Waals surface area contributed by atoms with E-state index in [0.717, 1.165) is 40.2 Å². The van der Waals surface area contributed by atoms with Crippen molar-refractivity contribution in [3.63, 3.8) is 0 Å². The van der Waals surface area contributed by atoms with E-state index in [-0.39, 0.29) is 17.1 Å². The minimum absolute atomic E-state index is 0.136. The van der Waals surface area contributed by atoms with Crippen molar-refractivity contribution in [1.82, 2.24) is 14.3 Å². The molecule has 0 saturated heterocycles. The number of likely N-dealkylation sites (N-methyl/N-ethyl adjacent to an activating group) is 1. The number of aliphatic imine (C=N–C) groups is 1. The van der Waals surface area contributed by atoms with Crippen LogP contribution in [0.25, 0.3) is 11.2 Å². The molecule has 0 fully saturated rings. The molecule has 2 aromatic heterocycles. The number of rotatable bonds is 5. The van der Waals surface area contributed by atoms with Crippen molar-refractivity contribution in [3.8, 4) is 5.75 Å². The molecule has 0 amide bonds. The van der Waals surface area contributed by atoms with E-state index in [2.05, 4.69) is 29.4 Å². The van der Waals surface area contributed by atoms with Gasteiger partial charge in [0, 0.05) is 42.9 Å². The van der Waals surface area contributed by atoms with Gasteiger partial charge in [-0.15, -0.1) is 0 Å². The van der Waals surface area contributed by atoms with Crippen LogP contribution in [0.4, 0.5) is 8.78 Å². The van der Waals surface area contributed by atoms with Crippen LogP contribution >= 0.6 is 0 Å². The monoisotopic (exact) mass is 480 g/mol. The Morgan fingerprint density at radius 1 is 1.17 bits per heavy atom. The normalized spacial score (nSPS) is 19.7. The highest BCUT2D eigenvalue weighted by Gasteiger charge is 2.43. The smallest absolute Gasteiger partial charge is 0.387 e. The second kappa shape index (κ2) is 8.16. The van der Waals surface area contributed by atoms with Crippen molar-refractivity contribution in [3.05, 3.63) is 71.3 Å². The number of aliphatic hydroxyl groups is 1. The number of pyridine rings is 1. The van der Waals surface area contributed by atoms with Crippen LogP contribution in [0.3, 0.4) is 0 Å². The molecule has 1 aromatic carbocycles. The van der Waals surface area contributed by atoms with Gasteiger partial charge in [0.2, 0.25) is 0 Å². The molecule has 0 spiro atoms. The third-order valence-corrected chi connectivity index (χ3v) is 6.88. The highest BCUT2D eigenvalue weighted by molar-refractivity contribution is 5.93. The first-order chi connectivity index (χ1) is 16.5. The van der Waals surface area contributed by atoms with Crippen molar-refractivity contribution in [1.29, 1.82) is 0 Å². The number of alkyl halides is 2. The molecule has 3 heterocycles. The Bertz CT molecular complexity index is 1350. The highest BCUT2D eigenvalue weighted by atomic mass is 19.3. The topological polar surface area (TPSA) is 62.4 Å². The number of amidine groups is 1. The highest BCUT2D eigenvalue weighted by Crippen LogP contribution is 2.50. The molecule has 2 aliphatic rings. The van der Waals surface area contributed by atoms with Gasteiger partial charge in [0.05, 0.1) is 11.4 Å². The molecule has 1 atom stereocenters. The third kappa shape index (κ3) is 4.10. The van der Waals surface area contributed by atoms with Gasteiger partial charge in [0.15, 0.2) is 0 Å². The zero-order valence-electron chi connectivity index (χ0n) is 20.6. The molecule has 35 heavy (non-hydrogen) atoms. The summed E-state index contributed by atoms with van der Waals surface area (Å²) in [6.45, 7) is 5.44. The molecule has 1 aliphatic heterocycles. The molecule has 0 bridgehead atoms. The van der Waals surface area contributed by atoms with E-state index in [1.54, 1.807) is 32.2 Å². The molecule has 0 saturated carbocycles. The Hall–Kier alpha value is -3.26. The summed E-state index contributed by atoms with van der Waals surface area (Å²) in [6.07, 6.45) is 4.60. The van der Waals surface area contributed by atoms with Gasteiger partial charge in [-0.05, 0) is 49.6 Å². The number of benzene rings is 1. The fourth-order valence-electron chi connectivity index (χ4n) is 5.42. The Labute approximate surface area is 203 Å². The lowest BCUT2D eigenvalue weighted by molar-refractivity contribution is -0.0505. The summed E-state index contributed by atoms with van der Waals surface area (Å²) in [7, 11) is 1.91. The van der Waals surface area contributed by atoms with Crippen LogP contribution in [0, 0.1) is 0 Å². The van der Waals surface area contributed by atoms with Crippen molar-refractivity contribution in [2.45, 2.75) is 57.7 Å². The van der Waals surface area contributed by atoms with Crippen LogP contribution in [0.15, 0.2) is 53.8 Å². The number of imidazole rings is 1. The first kappa shape index (κ1) is 23.5. The van der Waals surface area contributed by atoms with Crippen molar-refractivity contribution >= 4 is 17.1 Å². The van der Waals surface area contributed by atoms with Gasteiger partial charge in [-0.3, -0.25) is 0 Å². The minimum atomic E-state index is -2.89. The number of hydrogen-bond acceptors (Lipinski definition) is 5. The molecule has 1 aliphatic carbocycles. The first-order valence-electron chi connectivity index (χ1n) is 11.7. The molecular weight excluding hydrogens is 450 g/mol. The molecule has 8 heteroatoms. The average molecular weight is 481 g/mol. The van der Waals surface area contributed by atoms with Crippen LogP contribution < -0.4 is 4.74 Å². The van der Waals surface area contributed by atoms with E-state index >= 15 is 0 Å². The van der Waals surface area contributed by atoms with Crippen molar-refractivity contribution in [2.75, 3.05) is 13.6 Å². The second-order valence-electron chi connectivity index (χ2n) is 10.6. The number of hydrogen-bond donors (Lipinski definition) is 1. The van der Waals surface area contributed by atoms with Crippen LogP contribution in [-0.2, 0) is 5.41 Å². The number of fused-ring (bicyclic) bond motifs is 3. The lowest BCUT2D eigenvalue weighted by Gasteiger charge is -2.32. The summed E-state index contributed by atoms with van der Waals surface area (Å²) in [5.41, 5.74) is 4.28. The van der Waals surface area contributed by atoms with Gasteiger partial charge in [0.25, 0.3) is 0 Å². The molecular formula is C27H30F2N4O2. The van der Waals surface area contributed by atoms with E-state index in [1.165, 1.54) is 0 Å². The summed E-state index contributed by atoms with van der Waals surface area (Å²) in [5.74, 6) is 0.679. The zero-order valence-corrected chi connectivity index (χ0v) is 20.6. The fourth-order valence-corrected chi connectivity index (χ4v) is 5.42. The van der Waals surface area contributed by atoms with E-state index in [4.69, 9.17) is 9.72 Å². The van der Waals surface area contributed by atoms with Gasteiger partial charge in [-0.1, -0.05) is 32.0 Å². The Balaban J connectivity index is 1.62.